The molecule has 2 fully saturated rings. The molecule has 4 aromatic rings. The molecule has 1 saturated heterocycles. The Morgan fingerprint density at radius 2 is 1.41 bits per heavy atom. The van der Waals surface area contributed by atoms with Crippen molar-refractivity contribution in [3.05, 3.63) is 136 Å². The van der Waals surface area contributed by atoms with E-state index in [1.165, 1.54) is 12.5 Å². The lowest BCUT2D eigenvalue weighted by molar-refractivity contribution is -0.263. The molecule has 0 spiro atoms. The Labute approximate surface area is 266 Å². The third kappa shape index (κ3) is 8.08. The highest BCUT2D eigenvalue weighted by molar-refractivity contribution is 6.31. The first-order chi connectivity index (χ1) is 21.6. The summed E-state index contributed by atoms with van der Waals surface area (Å²) < 4.78 is 25.8. The second-order valence-corrected chi connectivity index (χ2v) is 11.6. The summed E-state index contributed by atoms with van der Waals surface area (Å²) in [5.74, 6) is 1.20. The highest BCUT2D eigenvalue weighted by Crippen LogP contribution is 2.48. The molecule has 1 heterocycles. The van der Waals surface area contributed by atoms with E-state index in [-0.39, 0.29) is 24.4 Å². The predicted octanol–water partition coefficient (Wildman–Crippen LogP) is 8.88. The van der Waals surface area contributed by atoms with Crippen LogP contribution >= 0.6 is 11.6 Å². The van der Waals surface area contributed by atoms with E-state index in [0.29, 0.717) is 25.7 Å². The van der Waals surface area contributed by atoms with E-state index in [1.54, 1.807) is 6.07 Å². The first kappa shape index (κ1) is 31.8. The lowest BCUT2D eigenvalue weighted by Gasteiger charge is -2.52. The van der Waals surface area contributed by atoms with Gasteiger partial charge in [-0.3, -0.25) is 0 Å². The van der Waals surface area contributed by atoms with Gasteiger partial charge in [-0.2, -0.15) is 5.26 Å². The molecule has 0 bridgehead atoms. The van der Waals surface area contributed by atoms with E-state index in [0.717, 1.165) is 52.3 Å². The molecule has 1 aliphatic carbocycles. The minimum atomic E-state index is -0.252. The second kappa shape index (κ2) is 15.9. The van der Waals surface area contributed by atoms with Crippen LogP contribution in [0.2, 0.25) is 5.02 Å². The van der Waals surface area contributed by atoms with Gasteiger partial charge < -0.3 is 18.9 Å². The summed E-state index contributed by atoms with van der Waals surface area (Å²) in [4.78, 5) is 0. The third-order valence-corrected chi connectivity index (χ3v) is 8.59. The zero-order valence-electron chi connectivity index (χ0n) is 25.4. The number of hydrogen-bond donors (Lipinski definition) is 0. The van der Waals surface area contributed by atoms with E-state index in [1.807, 2.05) is 49.4 Å². The van der Waals surface area contributed by atoms with Crippen LogP contribution in [-0.4, -0.2) is 24.9 Å². The minimum Gasteiger partial charge on any atom is -0.494 e. The Balaban J connectivity index is 0.00000123. The van der Waals surface area contributed by atoms with Crippen molar-refractivity contribution in [2.75, 3.05) is 6.61 Å². The molecule has 4 aromatic carbocycles. The van der Waals surface area contributed by atoms with Gasteiger partial charge in [-0.25, -0.2) is 0 Å². The van der Waals surface area contributed by atoms with Crippen LogP contribution in [0.1, 0.15) is 60.6 Å². The molecule has 2 aliphatic rings. The number of nitriles is 1. The van der Waals surface area contributed by atoms with Gasteiger partial charge in [0.2, 0.25) is 0 Å². The van der Waals surface area contributed by atoms with Crippen molar-refractivity contribution < 1.29 is 18.9 Å². The number of ether oxygens (including phenoxy) is 4. The predicted molar refractivity (Wildman–Crippen MR) is 174 cm³/mol. The summed E-state index contributed by atoms with van der Waals surface area (Å²) in [6.07, 6.45) is 2.46. The fourth-order valence-electron chi connectivity index (χ4n) is 5.92. The van der Waals surface area contributed by atoms with E-state index >= 15 is 0 Å². The van der Waals surface area contributed by atoms with Crippen molar-refractivity contribution in [1.29, 1.82) is 5.26 Å². The molecule has 0 radical (unpaired) electrons. The molecule has 0 amide bonds. The van der Waals surface area contributed by atoms with Crippen molar-refractivity contribution >= 4 is 11.6 Å². The number of nitrogens with zero attached hydrogens (tertiary/aromatic N) is 1. The first-order valence-electron chi connectivity index (χ1n) is 15.4. The van der Waals surface area contributed by atoms with E-state index in [9.17, 15) is 0 Å². The average molecular weight is 610 g/mol. The van der Waals surface area contributed by atoms with E-state index < -0.39 is 0 Å². The van der Waals surface area contributed by atoms with E-state index in [4.69, 9.17) is 35.8 Å². The third-order valence-electron chi connectivity index (χ3n) is 8.23. The van der Waals surface area contributed by atoms with Crippen molar-refractivity contribution in [1.82, 2.24) is 0 Å². The van der Waals surface area contributed by atoms with Gasteiger partial charge in [0, 0.05) is 17.9 Å². The van der Waals surface area contributed by atoms with Crippen molar-refractivity contribution in [3.8, 4) is 11.8 Å². The van der Waals surface area contributed by atoms with Crippen LogP contribution in [0.4, 0.5) is 0 Å². The normalized spacial score (nSPS) is 22.0. The molecular formula is C38H40ClNO4. The van der Waals surface area contributed by atoms with Gasteiger partial charge in [0.1, 0.15) is 18.0 Å². The number of rotatable bonds is 11. The van der Waals surface area contributed by atoms with Gasteiger partial charge >= 0.3 is 0 Å². The summed E-state index contributed by atoms with van der Waals surface area (Å²) >= 11 is 6.73. The molecule has 0 aromatic heterocycles. The lowest BCUT2D eigenvalue weighted by atomic mass is 9.72. The standard InChI is InChI=1S/C36H37ClO4.C2H3N/c1-2-38-30-16-13-25(14-17-30)21-29-22-28(15-19-32(29)37)34-36(40-24-27-11-7-4-8-12-27)35(31-18-20-33(31)41-34)39-23-26-9-5-3-6-10-26;1-2-3/h3-17,19,22,31,33-36H,2,18,20-21,23-24H2,1H3;1H3/t31?,33?,34?,35?,36-;/m0./s1. The summed E-state index contributed by atoms with van der Waals surface area (Å²) in [5.41, 5.74) is 5.62. The van der Waals surface area contributed by atoms with Gasteiger partial charge in [0.05, 0.1) is 38.1 Å². The lowest BCUT2D eigenvalue weighted by Crippen LogP contribution is -2.57. The Bertz CT molecular complexity index is 1490. The van der Waals surface area contributed by atoms with Crippen LogP contribution in [0.15, 0.2) is 103 Å². The van der Waals surface area contributed by atoms with Crippen LogP contribution in [0.3, 0.4) is 0 Å². The first-order valence-corrected chi connectivity index (χ1v) is 15.7. The second-order valence-electron chi connectivity index (χ2n) is 11.2. The maximum Gasteiger partial charge on any atom is 0.119 e. The monoisotopic (exact) mass is 609 g/mol. The fourth-order valence-corrected chi connectivity index (χ4v) is 6.11. The Morgan fingerprint density at radius 1 is 0.795 bits per heavy atom. The Kier molecular flexibility index (Phi) is 11.5. The summed E-state index contributed by atoms with van der Waals surface area (Å²) in [6.45, 7) is 5.13. The molecule has 0 N–H and O–H groups in total. The van der Waals surface area contributed by atoms with Crippen molar-refractivity contribution in [2.24, 2.45) is 5.92 Å². The molecule has 6 heteroatoms. The molecule has 4 unspecified atom stereocenters. The van der Waals surface area contributed by atoms with Gasteiger partial charge in [-0.05, 0) is 72.2 Å². The van der Waals surface area contributed by atoms with Gasteiger partial charge in [0.25, 0.3) is 0 Å². The highest BCUT2D eigenvalue weighted by Gasteiger charge is 2.51. The summed E-state index contributed by atoms with van der Waals surface area (Å²) in [5, 5.41) is 8.07. The zero-order chi connectivity index (χ0) is 30.7. The fraction of sp³-hybridized carbons (Fsp3) is 0.342. The topological polar surface area (TPSA) is 60.7 Å². The van der Waals surface area contributed by atoms with Crippen LogP contribution in [0.25, 0.3) is 0 Å². The number of hydrogen-bond acceptors (Lipinski definition) is 5. The molecule has 5 nitrogen and oxygen atoms in total. The molecule has 228 valence electrons. The molecular weight excluding hydrogens is 570 g/mol. The number of fused-ring (bicyclic) bond motifs is 1. The minimum absolute atomic E-state index is 0.0679. The maximum absolute atomic E-state index is 7.32. The summed E-state index contributed by atoms with van der Waals surface area (Å²) in [6, 6.07) is 36.9. The Hall–Kier alpha value is -3.66. The molecule has 1 aliphatic heterocycles. The number of benzene rings is 4. The zero-order valence-corrected chi connectivity index (χ0v) is 26.2. The van der Waals surface area contributed by atoms with Crippen molar-refractivity contribution in [3.63, 3.8) is 0 Å². The number of halogens is 1. The van der Waals surface area contributed by atoms with Crippen LogP contribution in [0.5, 0.6) is 5.75 Å². The Morgan fingerprint density at radius 3 is 1.98 bits per heavy atom. The average Bonchev–Trinajstić information content (AvgIpc) is 3.03. The van der Waals surface area contributed by atoms with Crippen molar-refractivity contribution in [2.45, 2.75) is 70.7 Å². The SMILES string of the molecule is CC#N.CCOc1ccc(Cc2cc(C3OC4CCC4C(OCc4ccccc4)[C@H]3OCc3ccccc3)ccc2Cl)cc1. The van der Waals surface area contributed by atoms with Gasteiger partial charge in [-0.1, -0.05) is 96.5 Å². The van der Waals surface area contributed by atoms with Gasteiger partial charge in [-0.15, -0.1) is 0 Å². The molecule has 44 heavy (non-hydrogen) atoms. The molecule has 1 saturated carbocycles. The quantitative estimate of drug-likeness (QED) is 0.170. The largest absolute Gasteiger partial charge is 0.494 e. The molecule has 6 rings (SSSR count). The maximum atomic E-state index is 7.32. The highest BCUT2D eigenvalue weighted by atomic mass is 35.5. The van der Waals surface area contributed by atoms with Crippen LogP contribution < -0.4 is 4.74 Å². The van der Waals surface area contributed by atoms with Crippen LogP contribution in [0, 0.1) is 17.2 Å². The smallest absolute Gasteiger partial charge is 0.119 e. The molecule has 5 atom stereocenters. The van der Waals surface area contributed by atoms with Gasteiger partial charge in [0.15, 0.2) is 0 Å². The summed E-state index contributed by atoms with van der Waals surface area (Å²) in [7, 11) is 0. The van der Waals surface area contributed by atoms with E-state index in [2.05, 4.69) is 60.7 Å². The van der Waals surface area contributed by atoms with Crippen LogP contribution in [-0.2, 0) is 33.8 Å².